The summed E-state index contributed by atoms with van der Waals surface area (Å²) in [6, 6.07) is 12.1. The molecule has 0 heterocycles. The quantitative estimate of drug-likeness (QED) is 0.365. The highest BCUT2D eigenvalue weighted by atomic mass is 16.5. The molecule has 0 radical (unpaired) electrons. The van der Waals surface area contributed by atoms with E-state index in [4.69, 9.17) is 25.3 Å². The molecular formula is C33H52N2O4. The zero-order valence-electron chi connectivity index (χ0n) is 37.4. The number of benzene rings is 2. The normalized spacial score (nSPS) is 27.4. The average molecular weight is 556 g/mol. The molecule has 2 aliphatic rings. The third-order valence-electron chi connectivity index (χ3n) is 8.16. The lowest BCUT2D eigenvalue weighted by molar-refractivity contribution is -0.0280. The van der Waals surface area contributed by atoms with E-state index in [1.807, 2.05) is 0 Å². The maximum absolute atomic E-state index is 11.3. The summed E-state index contributed by atoms with van der Waals surface area (Å²) in [5.41, 5.74) is -1.25. The van der Waals surface area contributed by atoms with E-state index in [0.717, 1.165) is 38.5 Å². The Hall–Kier alpha value is -2.12. The highest BCUT2D eigenvalue weighted by molar-refractivity contribution is 5.32. The Morgan fingerprint density at radius 3 is 1.49 bits per heavy atom. The Kier molecular flexibility index (Phi) is 6.08. The van der Waals surface area contributed by atoms with Gasteiger partial charge in [0.1, 0.15) is 11.5 Å². The number of aromatic hydroxyl groups is 1. The van der Waals surface area contributed by atoms with E-state index in [0.29, 0.717) is 46.6 Å². The molecule has 0 saturated heterocycles. The van der Waals surface area contributed by atoms with Gasteiger partial charge in [0.2, 0.25) is 0 Å². The molecule has 2 saturated carbocycles. The summed E-state index contributed by atoms with van der Waals surface area (Å²) in [5.74, 6) is -1.28. The van der Waals surface area contributed by atoms with Crippen molar-refractivity contribution >= 4 is 0 Å². The second kappa shape index (κ2) is 14.5. The number of nitrogens with zero attached hydrogens (tertiary/aromatic N) is 2. The molecule has 218 valence electrons. The predicted octanol–water partition coefficient (Wildman–Crippen LogP) is 5.77. The second-order valence-corrected chi connectivity index (χ2v) is 10.9. The van der Waals surface area contributed by atoms with Crippen LogP contribution in [0.5, 0.6) is 11.5 Å². The summed E-state index contributed by atoms with van der Waals surface area (Å²) in [4.78, 5) is 0.966. The van der Waals surface area contributed by atoms with Crippen molar-refractivity contribution in [2.24, 2.45) is 0 Å². The number of likely N-dealkylation sites (N-methyl/N-ethyl adjacent to an activating group) is 2. The highest BCUT2D eigenvalue weighted by Gasteiger charge is 2.40. The van der Waals surface area contributed by atoms with E-state index in [-0.39, 0.29) is 24.6 Å². The molecule has 0 aliphatic heterocycles. The SMILES string of the molecule is [2H]C([2H])([2H])N(CC(c1ccc(O)cc1)C1(O)CCCCC1)C([2H])([2H])[2H].[2H]C([2H])([2H])Oc1ccc(C(CN(C([2H])([2H])[2H])C([2H])([2H])[2H])C2(O)CCCCC2)cc1. The van der Waals surface area contributed by atoms with E-state index < -0.39 is 58.0 Å². The van der Waals surface area contributed by atoms with Gasteiger partial charge in [-0.2, -0.15) is 0 Å². The van der Waals surface area contributed by atoms with Gasteiger partial charge in [-0.25, -0.2) is 0 Å². The fourth-order valence-corrected chi connectivity index (χ4v) is 6.04. The van der Waals surface area contributed by atoms with Crippen LogP contribution in [-0.2, 0) is 0 Å². The van der Waals surface area contributed by atoms with Crippen LogP contribution in [0.4, 0.5) is 0 Å². The molecule has 0 bridgehead atoms. The van der Waals surface area contributed by atoms with Crippen LogP contribution in [0.2, 0.25) is 0 Å². The molecule has 2 aliphatic carbocycles. The number of phenolic OH excluding ortho intramolecular Hbond substituents is 1. The van der Waals surface area contributed by atoms with Crippen molar-refractivity contribution in [3.05, 3.63) is 59.7 Å². The van der Waals surface area contributed by atoms with Crippen LogP contribution in [0.3, 0.4) is 0 Å². The summed E-state index contributed by atoms with van der Waals surface area (Å²) in [5, 5.41) is 32.0. The summed E-state index contributed by atoms with van der Waals surface area (Å²) in [6.07, 6.45) is 6.93. The Morgan fingerprint density at radius 2 is 1.10 bits per heavy atom. The van der Waals surface area contributed by atoms with Gasteiger partial charge in [0.25, 0.3) is 0 Å². The molecule has 6 heteroatoms. The molecule has 2 fully saturated rings. The van der Waals surface area contributed by atoms with Crippen molar-refractivity contribution in [3.63, 3.8) is 0 Å². The molecule has 0 amide bonds. The van der Waals surface area contributed by atoms with Gasteiger partial charge in [-0.05, 0) is 89.0 Å². The summed E-state index contributed by atoms with van der Waals surface area (Å²) >= 11 is 0. The minimum Gasteiger partial charge on any atom is -0.508 e. The van der Waals surface area contributed by atoms with Crippen molar-refractivity contribution in [2.75, 3.05) is 48.0 Å². The molecule has 0 spiro atoms. The molecule has 3 N–H and O–H groups in total. The van der Waals surface area contributed by atoms with Crippen LogP contribution in [0.25, 0.3) is 0 Å². The first-order valence-electron chi connectivity index (χ1n) is 21.1. The average Bonchev–Trinajstić information content (AvgIpc) is 3.00. The second-order valence-electron chi connectivity index (χ2n) is 10.9. The van der Waals surface area contributed by atoms with Gasteiger partial charge in [-0.15, -0.1) is 0 Å². The van der Waals surface area contributed by atoms with Gasteiger partial charge in [-0.3, -0.25) is 0 Å². The number of methoxy groups -OCH3 is 1. The first-order valence-corrected chi connectivity index (χ1v) is 13.6. The zero-order valence-corrected chi connectivity index (χ0v) is 22.4. The Bertz CT molecular complexity index is 1420. The maximum Gasteiger partial charge on any atom is 0.118 e. The Morgan fingerprint density at radius 1 is 0.692 bits per heavy atom. The molecule has 6 nitrogen and oxygen atoms in total. The minimum atomic E-state index is -2.86. The molecule has 2 atom stereocenters. The number of rotatable bonds is 9. The third kappa shape index (κ3) is 8.94. The first-order chi connectivity index (χ1) is 24.6. The van der Waals surface area contributed by atoms with E-state index in [1.165, 1.54) is 24.3 Å². The summed E-state index contributed by atoms with van der Waals surface area (Å²) < 4.78 is 118. The van der Waals surface area contributed by atoms with E-state index in [9.17, 15) is 15.3 Å². The van der Waals surface area contributed by atoms with Gasteiger partial charge in [-0.1, -0.05) is 62.8 Å². The van der Waals surface area contributed by atoms with Crippen molar-refractivity contribution in [3.8, 4) is 11.5 Å². The number of hydrogen-bond donors (Lipinski definition) is 3. The van der Waals surface area contributed by atoms with Crippen LogP contribution in [-0.4, -0.2) is 84.4 Å². The van der Waals surface area contributed by atoms with Gasteiger partial charge in [0.05, 0.1) is 22.4 Å². The number of phenols is 1. The van der Waals surface area contributed by atoms with Crippen molar-refractivity contribution in [1.82, 2.24) is 9.80 Å². The monoisotopic (exact) mass is 555 g/mol. The molecule has 0 aromatic heterocycles. The first kappa shape index (κ1) is 16.4. The Labute approximate surface area is 257 Å². The lowest BCUT2D eigenvalue weighted by Crippen LogP contribution is -2.42. The van der Waals surface area contributed by atoms with E-state index in [2.05, 4.69) is 0 Å². The van der Waals surface area contributed by atoms with Crippen LogP contribution in [0, 0.1) is 0 Å². The minimum absolute atomic E-state index is 0.0571. The topological polar surface area (TPSA) is 76.4 Å². The standard InChI is InChI=1S/C17H27NO2.C16H25NO2/c1-18(2)13-16(17(19)11-5-4-6-12-17)14-7-9-15(20-3)10-8-14;1-17(2)12-15(13-6-8-14(18)9-7-13)16(19)10-4-3-5-11-16/h7-10,16,19H,4-6,11-13H2,1-3H3;6-9,15,18-19H,3-5,10-12H2,1-2H3/i1D3,2D3,3D3;1D3,2D3. The molecule has 2 aromatic rings. The van der Waals surface area contributed by atoms with Gasteiger partial charge in [0.15, 0.2) is 0 Å². The van der Waals surface area contributed by atoms with Gasteiger partial charge < -0.3 is 29.9 Å². The van der Waals surface area contributed by atoms with Crippen LogP contribution < -0.4 is 4.74 Å². The van der Waals surface area contributed by atoms with Gasteiger partial charge in [0, 0.05) is 41.4 Å². The van der Waals surface area contributed by atoms with Crippen molar-refractivity contribution < 1.29 is 40.6 Å². The van der Waals surface area contributed by atoms with Gasteiger partial charge >= 0.3 is 0 Å². The lowest BCUT2D eigenvalue weighted by atomic mass is 9.72. The fraction of sp³-hybridized carbons (Fsp3) is 0.636. The smallest absolute Gasteiger partial charge is 0.118 e. The molecule has 2 unspecified atom stereocenters. The summed E-state index contributed by atoms with van der Waals surface area (Å²) in [7, 11) is -2.61. The molecule has 39 heavy (non-hydrogen) atoms. The van der Waals surface area contributed by atoms with Crippen LogP contribution in [0.1, 0.15) is 108 Å². The third-order valence-corrected chi connectivity index (χ3v) is 8.16. The maximum atomic E-state index is 11.3. The number of hydrogen-bond acceptors (Lipinski definition) is 6. The van der Waals surface area contributed by atoms with Crippen molar-refractivity contribution in [2.45, 2.75) is 87.2 Å². The largest absolute Gasteiger partial charge is 0.508 e. The number of ether oxygens (including phenoxy) is 1. The predicted molar refractivity (Wildman–Crippen MR) is 160 cm³/mol. The van der Waals surface area contributed by atoms with E-state index in [1.54, 1.807) is 24.3 Å². The summed E-state index contributed by atoms with van der Waals surface area (Å²) in [6.45, 7) is -12.0. The van der Waals surface area contributed by atoms with Crippen LogP contribution in [0.15, 0.2) is 48.5 Å². The molecule has 2 aromatic carbocycles. The molecule has 4 rings (SSSR count). The highest BCUT2D eigenvalue weighted by Crippen LogP contribution is 2.41. The fourth-order valence-electron chi connectivity index (χ4n) is 6.04. The number of aliphatic hydroxyl groups is 2. The Balaban J connectivity index is 0.000000294. The molecular weight excluding hydrogens is 488 g/mol. The lowest BCUT2D eigenvalue weighted by Gasteiger charge is -2.40. The van der Waals surface area contributed by atoms with E-state index >= 15 is 0 Å². The zero-order chi connectivity index (χ0) is 41.0. The van der Waals surface area contributed by atoms with Crippen molar-refractivity contribution in [1.29, 1.82) is 0 Å². The van der Waals surface area contributed by atoms with Crippen LogP contribution >= 0.6 is 0 Å².